The van der Waals surface area contributed by atoms with Crippen LogP contribution in [0.15, 0.2) is 6.07 Å². The third-order valence-electron chi connectivity index (χ3n) is 3.49. The maximum Gasteiger partial charge on any atom is 0.0623 e. The first kappa shape index (κ1) is 13.0. The maximum absolute atomic E-state index is 5.49. The molecule has 3 nitrogen and oxygen atoms in total. The van der Waals surface area contributed by atoms with E-state index in [1.165, 1.54) is 15.3 Å². The highest BCUT2D eigenvalue weighted by molar-refractivity contribution is 7.12. The van der Waals surface area contributed by atoms with E-state index in [9.17, 15) is 0 Å². The van der Waals surface area contributed by atoms with E-state index in [1.54, 1.807) is 0 Å². The summed E-state index contributed by atoms with van der Waals surface area (Å²) in [5.41, 5.74) is 1.41. The van der Waals surface area contributed by atoms with Gasteiger partial charge in [0.2, 0.25) is 0 Å². The van der Waals surface area contributed by atoms with Gasteiger partial charge in [0, 0.05) is 34.8 Å². The van der Waals surface area contributed by atoms with Gasteiger partial charge in [0.25, 0.3) is 0 Å². The molecule has 0 aromatic carbocycles. The number of hydrogen-bond acceptors (Lipinski definition) is 4. The first-order valence-electron chi connectivity index (χ1n) is 6.22. The van der Waals surface area contributed by atoms with Gasteiger partial charge in [-0.2, -0.15) is 0 Å². The van der Waals surface area contributed by atoms with Gasteiger partial charge in [0.15, 0.2) is 0 Å². The van der Waals surface area contributed by atoms with E-state index in [-0.39, 0.29) is 0 Å². The normalized spacial score (nSPS) is 24.4. The van der Waals surface area contributed by atoms with E-state index in [2.05, 4.69) is 30.5 Å². The third-order valence-corrected chi connectivity index (χ3v) is 4.64. The van der Waals surface area contributed by atoms with E-state index >= 15 is 0 Å². The first-order chi connectivity index (χ1) is 8.20. The zero-order valence-electron chi connectivity index (χ0n) is 10.9. The molecule has 4 heteroatoms. The Morgan fingerprint density at radius 2 is 2.24 bits per heavy atom. The number of likely N-dealkylation sites (N-methyl/N-ethyl adjacent to an activating group) is 1. The summed E-state index contributed by atoms with van der Waals surface area (Å²) in [6.45, 7) is 8.09. The molecule has 17 heavy (non-hydrogen) atoms. The van der Waals surface area contributed by atoms with Gasteiger partial charge in [-0.15, -0.1) is 11.3 Å². The Kier molecular flexibility index (Phi) is 4.56. The second kappa shape index (κ2) is 5.96. The largest absolute Gasteiger partial charge is 0.379 e. The van der Waals surface area contributed by atoms with E-state index in [0.29, 0.717) is 12.0 Å². The quantitative estimate of drug-likeness (QED) is 0.839. The summed E-state index contributed by atoms with van der Waals surface area (Å²) in [5.74, 6) is 0.599. The topological polar surface area (TPSA) is 33.3 Å². The van der Waals surface area contributed by atoms with Crippen LogP contribution in [-0.2, 0) is 11.3 Å². The molecule has 0 spiro atoms. The first-order valence-corrected chi connectivity index (χ1v) is 7.04. The van der Waals surface area contributed by atoms with Crippen molar-refractivity contribution >= 4 is 11.3 Å². The Morgan fingerprint density at radius 1 is 1.41 bits per heavy atom. The van der Waals surface area contributed by atoms with Gasteiger partial charge < -0.3 is 15.4 Å². The van der Waals surface area contributed by atoms with Crippen LogP contribution in [-0.4, -0.2) is 32.8 Å². The Labute approximate surface area is 108 Å². The zero-order valence-corrected chi connectivity index (χ0v) is 11.7. The lowest BCUT2D eigenvalue weighted by Crippen LogP contribution is -2.38. The minimum absolute atomic E-state index is 0.509. The summed E-state index contributed by atoms with van der Waals surface area (Å²) < 4.78 is 5.49. The lowest BCUT2D eigenvalue weighted by atomic mass is 10.0. The predicted molar refractivity (Wildman–Crippen MR) is 72.7 cm³/mol. The number of aryl methyl sites for hydroxylation is 2. The van der Waals surface area contributed by atoms with Crippen LogP contribution in [0.2, 0.25) is 0 Å². The molecular formula is C13H22N2OS. The molecule has 0 amide bonds. The molecule has 1 fully saturated rings. The van der Waals surface area contributed by atoms with E-state index in [1.807, 2.05) is 18.4 Å². The van der Waals surface area contributed by atoms with Crippen molar-refractivity contribution in [2.24, 2.45) is 5.92 Å². The van der Waals surface area contributed by atoms with Crippen LogP contribution >= 0.6 is 11.3 Å². The molecule has 2 rings (SSSR count). The molecule has 2 atom stereocenters. The van der Waals surface area contributed by atoms with Crippen molar-refractivity contribution in [1.82, 2.24) is 10.6 Å². The average molecular weight is 254 g/mol. The minimum atomic E-state index is 0.509. The molecule has 1 saturated heterocycles. The fourth-order valence-electron chi connectivity index (χ4n) is 2.24. The van der Waals surface area contributed by atoms with Gasteiger partial charge in [-0.05, 0) is 32.5 Å². The molecule has 1 aromatic rings. The van der Waals surface area contributed by atoms with Crippen molar-refractivity contribution in [3.63, 3.8) is 0 Å². The maximum atomic E-state index is 5.49. The van der Waals surface area contributed by atoms with Crippen molar-refractivity contribution in [2.45, 2.75) is 26.4 Å². The van der Waals surface area contributed by atoms with Gasteiger partial charge in [0.05, 0.1) is 13.2 Å². The average Bonchev–Trinajstić information content (AvgIpc) is 2.87. The van der Waals surface area contributed by atoms with Gasteiger partial charge >= 0.3 is 0 Å². The van der Waals surface area contributed by atoms with Gasteiger partial charge in [-0.3, -0.25) is 0 Å². The number of hydrogen-bond donors (Lipinski definition) is 2. The van der Waals surface area contributed by atoms with Gasteiger partial charge in [-0.1, -0.05) is 0 Å². The summed E-state index contributed by atoms with van der Waals surface area (Å²) in [6.07, 6.45) is 0. The number of nitrogens with one attached hydrogen (secondary N) is 2. The molecule has 2 N–H and O–H groups in total. The highest BCUT2D eigenvalue weighted by Crippen LogP contribution is 2.20. The van der Waals surface area contributed by atoms with Crippen LogP contribution in [0.3, 0.4) is 0 Å². The zero-order chi connectivity index (χ0) is 12.3. The highest BCUT2D eigenvalue weighted by atomic mass is 32.1. The monoisotopic (exact) mass is 254 g/mol. The molecule has 0 bridgehead atoms. The van der Waals surface area contributed by atoms with Crippen LogP contribution in [0, 0.1) is 19.8 Å². The second-order valence-electron chi connectivity index (χ2n) is 4.78. The molecule has 2 unspecified atom stereocenters. The Balaban J connectivity index is 1.75. The molecular weight excluding hydrogens is 232 g/mol. The molecule has 0 aliphatic carbocycles. The number of thiophene rings is 1. The molecule has 1 aliphatic rings. The van der Waals surface area contributed by atoms with Crippen molar-refractivity contribution in [2.75, 3.05) is 26.8 Å². The van der Waals surface area contributed by atoms with Crippen molar-refractivity contribution in [1.29, 1.82) is 0 Å². The predicted octanol–water partition coefficient (Wildman–Crippen LogP) is 1.69. The van der Waals surface area contributed by atoms with Crippen LogP contribution in [0.25, 0.3) is 0 Å². The molecule has 0 radical (unpaired) electrons. The summed E-state index contributed by atoms with van der Waals surface area (Å²) in [5, 5.41) is 6.85. The molecule has 1 aliphatic heterocycles. The third kappa shape index (κ3) is 3.28. The summed E-state index contributed by atoms with van der Waals surface area (Å²) >= 11 is 1.89. The smallest absolute Gasteiger partial charge is 0.0623 e. The minimum Gasteiger partial charge on any atom is -0.379 e. The molecule has 2 heterocycles. The van der Waals surface area contributed by atoms with E-state index < -0.39 is 0 Å². The van der Waals surface area contributed by atoms with Gasteiger partial charge in [-0.25, -0.2) is 0 Å². The van der Waals surface area contributed by atoms with Crippen molar-refractivity contribution < 1.29 is 4.74 Å². The van der Waals surface area contributed by atoms with Crippen LogP contribution < -0.4 is 10.6 Å². The van der Waals surface area contributed by atoms with Gasteiger partial charge in [0.1, 0.15) is 0 Å². The molecule has 1 aromatic heterocycles. The summed E-state index contributed by atoms with van der Waals surface area (Å²) in [4.78, 5) is 2.86. The number of ether oxygens (including phenoxy) is 1. The molecule has 96 valence electrons. The fourth-order valence-corrected chi connectivity index (χ4v) is 3.26. The summed E-state index contributed by atoms with van der Waals surface area (Å²) in [7, 11) is 2.01. The fraction of sp³-hybridized carbons (Fsp3) is 0.692. The number of rotatable bonds is 5. The molecule has 0 saturated carbocycles. The Morgan fingerprint density at radius 3 is 2.88 bits per heavy atom. The lowest BCUT2D eigenvalue weighted by molar-refractivity contribution is 0.182. The summed E-state index contributed by atoms with van der Waals surface area (Å²) in [6, 6.07) is 2.79. The highest BCUT2D eigenvalue weighted by Gasteiger charge is 2.26. The van der Waals surface area contributed by atoms with Crippen LogP contribution in [0.1, 0.15) is 15.3 Å². The lowest BCUT2D eigenvalue weighted by Gasteiger charge is -2.16. The second-order valence-corrected chi connectivity index (χ2v) is 6.12. The Hall–Kier alpha value is -0.420. The van der Waals surface area contributed by atoms with Crippen molar-refractivity contribution in [3.05, 3.63) is 21.4 Å². The van der Waals surface area contributed by atoms with Crippen molar-refractivity contribution in [3.8, 4) is 0 Å². The standard InChI is InChI=1S/C13H22N2OS/c1-9-4-12(17-10(9)2)6-15-5-11-7-16-8-13(11)14-3/h4,11,13-15H,5-8H2,1-3H3. The van der Waals surface area contributed by atoms with Crippen LogP contribution in [0.5, 0.6) is 0 Å². The Bertz CT molecular complexity index is 345. The van der Waals surface area contributed by atoms with Crippen LogP contribution in [0.4, 0.5) is 0 Å². The van der Waals surface area contributed by atoms with E-state index in [4.69, 9.17) is 4.74 Å². The van der Waals surface area contributed by atoms with E-state index in [0.717, 1.165) is 26.3 Å². The SMILES string of the molecule is CNC1COCC1CNCc1cc(C)c(C)s1.